The Morgan fingerprint density at radius 3 is 2.42 bits per heavy atom. The molecule has 1 aromatic heterocycles. The fraction of sp³-hybridized carbons (Fsp3) is 0.875. The summed E-state index contributed by atoms with van der Waals surface area (Å²) in [5.74, 6) is 3.13. The van der Waals surface area contributed by atoms with E-state index in [1.165, 1.54) is 25.7 Å². The van der Waals surface area contributed by atoms with Crippen LogP contribution in [0.1, 0.15) is 83.3 Å². The van der Waals surface area contributed by atoms with E-state index in [0.29, 0.717) is 25.4 Å². The Kier molecular flexibility index (Phi) is 4.40. The minimum atomic E-state index is -0.356. The number of piperidine rings is 2. The number of amides is 1. The van der Waals surface area contributed by atoms with Gasteiger partial charge in [0.15, 0.2) is 5.82 Å². The van der Waals surface area contributed by atoms with E-state index in [4.69, 9.17) is 9.51 Å². The van der Waals surface area contributed by atoms with Crippen LogP contribution in [0.15, 0.2) is 4.52 Å². The number of nitrogens with zero attached hydrogens (tertiary/aromatic N) is 3. The molecule has 2 saturated heterocycles. The standard InChI is InChI=1S/C24H36N4O3/c1-15(2)24(20-26-21(31-27-20)23-11-16(12-23)13-23)6-8-28(9-7-24)19(30)17-10-18(29)22(14-25-17)4-3-5-22/h15-18,25,29H,3-14H2,1-2H3/t16?,17-,18+,23?/m0/s1. The van der Waals surface area contributed by atoms with E-state index in [1.54, 1.807) is 0 Å². The lowest BCUT2D eigenvalue weighted by molar-refractivity contribution is -0.141. The first-order chi connectivity index (χ1) is 14.9. The minimum Gasteiger partial charge on any atom is -0.392 e. The van der Waals surface area contributed by atoms with Crippen LogP contribution in [0.2, 0.25) is 0 Å². The highest BCUT2D eigenvalue weighted by molar-refractivity contribution is 5.82. The summed E-state index contributed by atoms with van der Waals surface area (Å²) < 4.78 is 5.78. The Labute approximate surface area is 184 Å². The number of carbonyl (C=O) groups is 1. The normalized spacial score (nSPS) is 37.8. The van der Waals surface area contributed by atoms with Gasteiger partial charge in [0.25, 0.3) is 0 Å². The molecule has 0 radical (unpaired) electrons. The third-order valence-corrected chi connectivity index (χ3v) is 9.95. The molecule has 3 heterocycles. The highest BCUT2D eigenvalue weighted by atomic mass is 16.5. The number of aromatic nitrogens is 2. The zero-order chi connectivity index (χ0) is 21.4. The Morgan fingerprint density at radius 1 is 1.19 bits per heavy atom. The molecule has 7 nitrogen and oxygen atoms in total. The number of aliphatic hydroxyl groups excluding tert-OH is 1. The first kappa shape index (κ1) is 20.2. The van der Waals surface area contributed by atoms with Gasteiger partial charge in [-0.15, -0.1) is 0 Å². The van der Waals surface area contributed by atoms with Gasteiger partial charge in [0.1, 0.15) is 0 Å². The van der Waals surface area contributed by atoms with E-state index in [-0.39, 0.29) is 34.3 Å². The Morgan fingerprint density at radius 2 is 1.90 bits per heavy atom. The maximum absolute atomic E-state index is 13.2. The topological polar surface area (TPSA) is 91.5 Å². The summed E-state index contributed by atoms with van der Waals surface area (Å²) in [6.07, 6.45) is 8.92. The van der Waals surface area contributed by atoms with Crippen molar-refractivity contribution < 1.29 is 14.4 Å². The molecule has 2 N–H and O–H groups in total. The van der Waals surface area contributed by atoms with Crippen LogP contribution >= 0.6 is 0 Å². The second-order valence-electron chi connectivity index (χ2n) is 11.7. The lowest BCUT2D eigenvalue weighted by atomic mass is 9.44. The van der Waals surface area contributed by atoms with Crippen molar-refractivity contribution in [3.63, 3.8) is 0 Å². The predicted molar refractivity (Wildman–Crippen MR) is 114 cm³/mol. The second-order valence-corrected chi connectivity index (χ2v) is 11.7. The van der Waals surface area contributed by atoms with Crippen LogP contribution in [0.4, 0.5) is 0 Å². The third kappa shape index (κ3) is 2.81. The van der Waals surface area contributed by atoms with E-state index in [2.05, 4.69) is 24.3 Å². The first-order valence-electron chi connectivity index (χ1n) is 12.4. The van der Waals surface area contributed by atoms with Gasteiger partial charge >= 0.3 is 0 Å². The summed E-state index contributed by atoms with van der Waals surface area (Å²) in [6, 6.07) is -0.256. The van der Waals surface area contributed by atoms with Gasteiger partial charge in [0.05, 0.1) is 17.6 Å². The van der Waals surface area contributed by atoms with Crippen LogP contribution in [0.25, 0.3) is 0 Å². The number of aliphatic hydroxyl groups is 1. The Balaban J connectivity index is 1.13. The summed E-state index contributed by atoms with van der Waals surface area (Å²) in [7, 11) is 0. The van der Waals surface area contributed by atoms with Crippen molar-refractivity contribution in [3.8, 4) is 0 Å². The van der Waals surface area contributed by atoms with Gasteiger partial charge in [-0.2, -0.15) is 4.98 Å². The van der Waals surface area contributed by atoms with Crippen molar-refractivity contribution in [1.29, 1.82) is 0 Å². The number of nitrogens with one attached hydrogen (secondary N) is 1. The molecule has 6 fully saturated rings. The fourth-order valence-electron chi connectivity index (χ4n) is 7.12. The maximum Gasteiger partial charge on any atom is 0.239 e. The summed E-state index contributed by atoms with van der Waals surface area (Å²) >= 11 is 0. The van der Waals surface area contributed by atoms with Gasteiger partial charge in [-0.3, -0.25) is 4.79 Å². The van der Waals surface area contributed by atoms with Crippen LogP contribution in [0.5, 0.6) is 0 Å². The molecule has 2 atom stereocenters. The SMILES string of the molecule is CC(C)C1(c2noc(C34CC(C3)C4)n2)CCN(C(=O)[C@@H]2C[C@@H](O)C3(CCC3)CN2)CC1. The molecule has 1 amide bonds. The van der Waals surface area contributed by atoms with Crippen LogP contribution < -0.4 is 5.32 Å². The van der Waals surface area contributed by atoms with Crippen LogP contribution in [0.3, 0.4) is 0 Å². The third-order valence-electron chi connectivity index (χ3n) is 9.95. The van der Waals surface area contributed by atoms with Crippen LogP contribution in [0, 0.1) is 17.3 Å². The van der Waals surface area contributed by atoms with E-state index in [0.717, 1.165) is 49.9 Å². The highest BCUT2D eigenvalue weighted by Gasteiger charge is 2.61. The molecular weight excluding hydrogens is 392 g/mol. The summed E-state index contributed by atoms with van der Waals surface area (Å²) in [4.78, 5) is 20.1. The number of likely N-dealkylation sites (tertiary alicyclic amines) is 1. The van der Waals surface area contributed by atoms with Crippen molar-refractivity contribution in [2.24, 2.45) is 17.3 Å². The number of carbonyl (C=O) groups excluding carboxylic acids is 1. The van der Waals surface area contributed by atoms with Crippen LogP contribution in [-0.2, 0) is 15.6 Å². The van der Waals surface area contributed by atoms with E-state index in [1.807, 2.05) is 4.90 Å². The van der Waals surface area contributed by atoms with Gasteiger partial charge < -0.3 is 19.8 Å². The largest absolute Gasteiger partial charge is 0.392 e. The molecule has 7 rings (SSSR count). The Bertz CT molecular complexity index is 851. The molecule has 2 bridgehead atoms. The smallest absolute Gasteiger partial charge is 0.239 e. The fourth-order valence-corrected chi connectivity index (χ4v) is 7.12. The van der Waals surface area contributed by atoms with Crippen molar-refractivity contribution in [2.45, 2.75) is 94.6 Å². The molecule has 1 aromatic rings. The van der Waals surface area contributed by atoms with Crippen molar-refractivity contribution in [1.82, 2.24) is 20.4 Å². The lowest BCUT2D eigenvalue weighted by Crippen LogP contribution is -2.62. The number of hydrogen-bond donors (Lipinski definition) is 2. The maximum atomic E-state index is 13.2. The lowest BCUT2D eigenvalue weighted by Gasteiger charge is -2.59. The van der Waals surface area contributed by atoms with E-state index >= 15 is 0 Å². The monoisotopic (exact) mass is 428 g/mol. The first-order valence-corrected chi connectivity index (χ1v) is 12.4. The van der Waals surface area contributed by atoms with Crippen LogP contribution in [-0.4, -0.2) is 57.8 Å². The summed E-state index contributed by atoms with van der Waals surface area (Å²) in [5, 5.41) is 18.6. The van der Waals surface area contributed by atoms with E-state index < -0.39 is 0 Å². The average molecular weight is 429 g/mol. The summed E-state index contributed by atoms with van der Waals surface area (Å²) in [6.45, 7) is 6.68. The molecule has 4 aliphatic carbocycles. The number of hydrogen-bond acceptors (Lipinski definition) is 6. The molecule has 7 heteroatoms. The molecule has 1 spiro atoms. The molecule has 170 valence electrons. The highest BCUT2D eigenvalue weighted by Crippen LogP contribution is 2.64. The molecule has 31 heavy (non-hydrogen) atoms. The minimum absolute atomic E-state index is 0.0300. The second kappa shape index (κ2) is 6.77. The molecule has 0 unspecified atom stereocenters. The van der Waals surface area contributed by atoms with Crippen molar-refractivity contribution >= 4 is 5.91 Å². The zero-order valence-electron chi connectivity index (χ0n) is 18.9. The Hall–Kier alpha value is -1.47. The zero-order valence-corrected chi connectivity index (χ0v) is 18.9. The molecule has 2 aliphatic heterocycles. The van der Waals surface area contributed by atoms with Gasteiger partial charge in [-0.25, -0.2) is 0 Å². The number of rotatable bonds is 4. The molecule has 4 saturated carbocycles. The van der Waals surface area contributed by atoms with Gasteiger partial charge in [-0.05, 0) is 63.2 Å². The van der Waals surface area contributed by atoms with Gasteiger partial charge in [0, 0.05) is 30.5 Å². The van der Waals surface area contributed by atoms with Crippen molar-refractivity contribution in [2.75, 3.05) is 19.6 Å². The molecule has 6 aliphatic rings. The summed E-state index contributed by atoms with van der Waals surface area (Å²) in [5.41, 5.74) is 0.0931. The molecule has 0 aromatic carbocycles. The van der Waals surface area contributed by atoms with Gasteiger partial charge in [0.2, 0.25) is 11.8 Å². The van der Waals surface area contributed by atoms with Gasteiger partial charge in [-0.1, -0.05) is 25.4 Å². The van der Waals surface area contributed by atoms with E-state index in [9.17, 15) is 9.90 Å². The quantitative estimate of drug-likeness (QED) is 0.766. The molecular formula is C24H36N4O3. The average Bonchev–Trinajstić information content (AvgIpc) is 3.13. The van der Waals surface area contributed by atoms with Crippen molar-refractivity contribution in [3.05, 3.63) is 11.7 Å². The predicted octanol–water partition coefficient (Wildman–Crippen LogP) is 2.53.